The van der Waals surface area contributed by atoms with Gasteiger partial charge in [-0.25, -0.2) is 4.98 Å². The molecule has 8 nitrogen and oxygen atoms in total. The number of nitro benzene ring substituents is 1. The van der Waals surface area contributed by atoms with E-state index in [2.05, 4.69) is 20.5 Å². The maximum absolute atomic E-state index is 13.4. The van der Waals surface area contributed by atoms with Gasteiger partial charge in [0.1, 0.15) is 0 Å². The number of carbonyl (C=O) groups is 1. The third kappa shape index (κ3) is 4.47. The molecule has 0 aliphatic rings. The second kappa shape index (κ2) is 7.96. The molecule has 1 atom stereocenters. The van der Waals surface area contributed by atoms with Crippen LogP contribution in [0.3, 0.4) is 0 Å². The van der Waals surface area contributed by atoms with Crippen molar-refractivity contribution in [2.24, 2.45) is 0 Å². The highest BCUT2D eigenvalue weighted by atomic mass is 32.2. The minimum atomic E-state index is -0.963. The van der Waals surface area contributed by atoms with Crippen molar-refractivity contribution in [3.63, 3.8) is 0 Å². The van der Waals surface area contributed by atoms with Crippen LogP contribution in [0.5, 0.6) is 0 Å². The first-order chi connectivity index (χ1) is 12.9. The monoisotopic (exact) mass is 387 g/mol. The fraction of sp³-hybridized carbons (Fsp3) is 0.118. The van der Waals surface area contributed by atoms with Gasteiger partial charge in [-0.2, -0.15) is 4.39 Å². The SMILES string of the molecule is C[C@H](Sc1n[nH]c(-c2ccccc2)n1)C(=O)Nc1ccc(F)c([N+](=O)[O-])c1. The molecule has 0 unspecified atom stereocenters. The van der Waals surface area contributed by atoms with Gasteiger partial charge in [-0.05, 0) is 19.1 Å². The van der Waals surface area contributed by atoms with E-state index < -0.39 is 27.6 Å². The summed E-state index contributed by atoms with van der Waals surface area (Å²) in [6.07, 6.45) is 0. The highest BCUT2D eigenvalue weighted by molar-refractivity contribution is 8.00. The van der Waals surface area contributed by atoms with Crippen molar-refractivity contribution >= 4 is 29.0 Å². The van der Waals surface area contributed by atoms with Gasteiger partial charge in [-0.1, -0.05) is 42.1 Å². The van der Waals surface area contributed by atoms with Crippen LogP contribution in [0.2, 0.25) is 0 Å². The number of halogens is 1. The van der Waals surface area contributed by atoms with Gasteiger partial charge in [0.2, 0.25) is 16.9 Å². The Morgan fingerprint density at radius 1 is 1.30 bits per heavy atom. The largest absolute Gasteiger partial charge is 0.325 e. The number of H-pyrrole nitrogens is 1. The van der Waals surface area contributed by atoms with Crippen LogP contribution in [0.1, 0.15) is 6.92 Å². The Labute approximate surface area is 157 Å². The maximum Gasteiger partial charge on any atom is 0.306 e. The van der Waals surface area contributed by atoms with Gasteiger partial charge in [0, 0.05) is 17.3 Å². The molecule has 1 amide bonds. The molecule has 10 heteroatoms. The van der Waals surface area contributed by atoms with Crippen molar-refractivity contribution in [1.29, 1.82) is 0 Å². The number of nitrogens with one attached hydrogen (secondary N) is 2. The van der Waals surface area contributed by atoms with Gasteiger partial charge >= 0.3 is 5.69 Å². The smallest absolute Gasteiger partial charge is 0.306 e. The maximum atomic E-state index is 13.4. The van der Waals surface area contributed by atoms with Crippen molar-refractivity contribution in [1.82, 2.24) is 15.2 Å². The molecule has 0 aliphatic heterocycles. The minimum absolute atomic E-state index is 0.139. The van der Waals surface area contributed by atoms with Crippen molar-refractivity contribution in [2.75, 3.05) is 5.32 Å². The second-order valence-electron chi connectivity index (χ2n) is 5.51. The highest BCUT2D eigenvalue weighted by Gasteiger charge is 2.20. The predicted molar refractivity (Wildman–Crippen MR) is 98.8 cm³/mol. The molecule has 2 aromatic carbocycles. The van der Waals surface area contributed by atoms with E-state index in [-0.39, 0.29) is 5.69 Å². The van der Waals surface area contributed by atoms with E-state index in [1.807, 2.05) is 30.3 Å². The predicted octanol–water partition coefficient (Wildman–Crippen LogP) is 3.64. The van der Waals surface area contributed by atoms with Gasteiger partial charge in [0.05, 0.1) is 10.2 Å². The van der Waals surface area contributed by atoms with Crippen LogP contribution < -0.4 is 5.32 Å². The summed E-state index contributed by atoms with van der Waals surface area (Å²) in [6.45, 7) is 1.65. The fourth-order valence-corrected chi connectivity index (χ4v) is 2.93. The first-order valence-corrected chi connectivity index (χ1v) is 8.71. The molecule has 0 saturated carbocycles. The number of amides is 1. The molecule has 1 aromatic heterocycles. The summed E-state index contributed by atoms with van der Waals surface area (Å²) in [5.41, 5.74) is 0.308. The van der Waals surface area contributed by atoms with Crippen molar-refractivity contribution in [3.05, 3.63) is 64.5 Å². The Bertz CT molecular complexity index is 980. The third-order valence-corrected chi connectivity index (χ3v) is 4.53. The quantitative estimate of drug-likeness (QED) is 0.379. The summed E-state index contributed by atoms with van der Waals surface area (Å²) in [4.78, 5) is 26.6. The van der Waals surface area contributed by atoms with Crippen molar-refractivity contribution in [2.45, 2.75) is 17.3 Å². The Morgan fingerprint density at radius 3 is 2.74 bits per heavy atom. The number of nitrogens with zero attached hydrogens (tertiary/aromatic N) is 3. The molecule has 0 fully saturated rings. The standard InChI is InChI=1S/C17H14FN5O3S/c1-10(16(24)19-12-7-8-13(18)14(9-12)23(25)26)27-17-20-15(21-22-17)11-5-3-2-4-6-11/h2-10H,1H3,(H,19,24)(H,20,21,22)/t10-/m0/s1. The number of aromatic amines is 1. The van der Waals surface area contributed by atoms with Gasteiger partial charge in [0.25, 0.3) is 0 Å². The Balaban J connectivity index is 1.65. The molecule has 0 aliphatic carbocycles. The third-order valence-electron chi connectivity index (χ3n) is 3.57. The summed E-state index contributed by atoms with van der Waals surface area (Å²) in [7, 11) is 0. The van der Waals surface area contributed by atoms with E-state index in [0.717, 1.165) is 29.5 Å². The van der Waals surface area contributed by atoms with Gasteiger partial charge < -0.3 is 5.32 Å². The fourth-order valence-electron chi connectivity index (χ4n) is 2.21. The van der Waals surface area contributed by atoms with Crippen LogP contribution in [-0.4, -0.2) is 31.3 Å². The number of hydrogen-bond acceptors (Lipinski definition) is 6. The molecule has 0 spiro atoms. The molecular weight excluding hydrogens is 373 g/mol. The summed E-state index contributed by atoms with van der Waals surface area (Å²) in [5.74, 6) is -0.790. The normalized spacial score (nSPS) is 11.8. The first kappa shape index (κ1) is 18.5. The summed E-state index contributed by atoms with van der Waals surface area (Å²) in [5, 5.41) is 20.0. The molecule has 0 saturated heterocycles. The number of anilines is 1. The molecule has 3 aromatic rings. The number of benzene rings is 2. The molecule has 0 bridgehead atoms. The first-order valence-electron chi connectivity index (χ1n) is 7.83. The number of thioether (sulfide) groups is 1. The van der Waals surface area contributed by atoms with Crippen LogP contribution in [0.15, 0.2) is 53.7 Å². The van der Waals surface area contributed by atoms with E-state index >= 15 is 0 Å². The van der Waals surface area contributed by atoms with Crippen LogP contribution in [0.25, 0.3) is 11.4 Å². The van der Waals surface area contributed by atoms with Gasteiger partial charge in [-0.3, -0.25) is 20.0 Å². The summed E-state index contributed by atoms with van der Waals surface area (Å²) >= 11 is 1.13. The van der Waals surface area contributed by atoms with Crippen LogP contribution in [0.4, 0.5) is 15.8 Å². The van der Waals surface area contributed by atoms with E-state index in [0.29, 0.717) is 11.0 Å². The van der Waals surface area contributed by atoms with Crippen LogP contribution in [0, 0.1) is 15.9 Å². The lowest BCUT2D eigenvalue weighted by Gasteiger charge is -2.10. The second-order valence-corrected chi connectivity index (χ2v) is 6.81. The molecule has 27 heavy (non-hydrogen) atoms. The lowest BCUT2D eigenvalue weighted by molar-refractivity contribution is -0.387. The lowest BCUT2D eigenvalue weighted by atomic mass is 10.2. The van der Waals surface area contributed by atoms with E-state index in [1.54, 1.807) is 6.92 Å². The number of rotatable bonds is 6. The van der Waals surface area contributed by atoms with Crippen LogP contribution in [-0.2, 0) is 4.79 Å². The van der Waals surface area contributed by atoms with Crippen molar-refractivity contribution < 1.29 is 14.1 Å². The molecule has 1 heterocycles. The Kier molecular flexibility index (Phi) is 5.46. The molecular formula is C17H14FN5O3S. The number of aromatic nitrogens is 3. The van der Waals surface area contributed by atoms with Crippen molar-refractivity contribution in [3.8, 4) is 11.4 Å². The lowest BCUT2D eigenvalue weighted by Crippen LogP contribution is -2.22. The summed E-state index contributed by atoms with van der Waals surface area (Å²) in [6, 6.07) is 12.6. The number of hydrogen-bond donors (Lipinski definition) is 2. The molecule has 0 radical (unpaired) electrons. The van der Waals surface area contributed by atoms with E-state index in [1.165, 1.54) is 6.07 Å². The summed E-state index contributed by atoms with van der Waals surface area (Å²) < 4.78 is 13.4. The molecule has 138 valence electrons. The average Bonchev–Trinajstić information content (AvgIpc) is 3.12. The zero-order chi connectivity index (χ0) is 19.4. The Morgan fingerprint density at radius 2 is 2.04 bits per heavy atom. The van der Waals surface area contributed by atoms with E-state index in [4.69, 9.17) is 0 Å². The molecule has 2 N–H and O–H groups in total. The Hall–Kier alpha value is -3.27. The topological polar surface area (TPSA) is 114 Å². The highest BCUT2D eigenvalue weighted by Crippen LogP contribution is 2.25. The average molecular weight is 387 g/mol. The number of nitro groups is 1. The van der Waals surface area contributed by atoms with Gasteiger partial charge in [0.15, 0.2) is 5.82 Å². The zero-order valence-electron chi connectivity index (χ0n) is 14.0. The minimum Gasteiger partial charge on any atom is -0.325 e. The molecule has 3 rings (SSSR count). The van der Waals surface area contributed by atoms with Crippen LogP contribution >= 0.6 is 11.8 Å². The zero-order valence-corrected chi connectivity index (χ0v) is 14.9. The van der Waals surface area contributed by atoms with Gasteiger partial charge in [-0.15, -0.1) is 5.10 Å². The van der Waals surface area contributed by atoms with E-state index in [9.17, 15) is 19.3 Å². The number of carbonyl (C=O) groups excluding carboxylic acids is 1.